The summed E-state index contributed by atoms with van der Waals surface area (Å²) in [6, 6.07) is 0.524. The average molecular weight is 264 g/mol. The minimum absolute atomic E-state index is 0.311. The molecule has 0 aliphatic rings. The zero-order chi connectivity index (χ0) is 13.1. The smallest absolute Gasteiger partial charge is 0.0791 e. The lowest BCUT2D eigenvalue weighted by atomic mass is 10.2. The van der Waals surface area contributed by atoms with Gasteiger partial charge in [0.25, 0.3) is 0 Å². The van der Waals surface area contributed by atoms with Crippen molar-refractivity contribution in [2.45, 2.75) is 25.5 Å². The molecule has 2 unspecified atom stereocenters. The maximum Gasteiger partial charge on any atom is 0.0791 e. The van der Waals surface area contributed by atoms with Gasteiger partial charge in [-0.05, 0) is 32.4 Å². The number of nitrogens with one attached hydrogen (secondary N) is 1. The van der Waals surface area contributed by atoms with Gasteiger partial charge in [-0.25, -0.2) is 0 Å². The Balaban J connectivity index is 3.59. The van der Waals surface area contributed by atoms with E-state index in [9.17, 15) is 5.11 Å². The van der Waals surface area contributed by atoms with Crippen molar-refractivity contribution in [2.75, 3.05) is 52.4 Å². The van der Waals surface area contributed by atoms with Gasteiger partial charge in [-0.2, -0.15) is 11.8 Å². The van der Waals surface area contributed by atoms with Crippen LogP contribution in [-0.4, -0.2) is 74.6 Å². The van der Waals surface area contributed by atoms with E-state index in [4.69, 9.17) is 4.74 Å². The van der Waals surface area contributed by atoms with E-state index in [0.717, 1.165) is 13.1 Å². The Kier molecular flexibility index (Phi) is 11.4. The minimum atomic E-state index is -0.311. The van der Waals surface area contributed by atoms with Crippen LogP contribution in [0.5, 0.6) is 0 Å². The number of nitrogens with zero attached hydrogens (tertiary/aromatic N) is 1. The number of hydrogen-bond donors (Lipinski definition) is 2. The molecule has 0 fully saturated rings. The first-order chi connectivity index (χ1) is 8.11. The molecule has 4 nitrogen and oxygen atoms in total. The average Bonchev–Trinajstić information content (AvgIpc) is 2.31. The van der Waals surface area contributed by atoms with Crippen molar-refractivity contribution in [3.63, 3.8) is 0 Å². The van der Waals surface area contributed by atoms with E-state index in [0.29, 0.717) is 19.2 Å². The summed E-state index contributed by atoms with van der Waals surface area (Å²) in [7, 11) is 3.75. The van der Waals surface area contributed by atoms with E-state index in [1.165, 1.54) is 12.2 Å². The summed E-state index contributed by atoms with van der Waals surface area (Å²) in [5.41, 5.74) is 0. The summed E-state index contributed by atoms with van der Waals surface area (Å²) >= 11 is 1.87. The van der Waals surface area contributed by atoms with Crippen molar-refractivity contribution in [1.29, 1.82) is 0 Å². The van der Waals surface area contributed by atoms with Crippen molar-refractivity contribution in [1.82, 2.24) is 10.2 Å². The molecule has 0 aromatic rings. The van der Waals surface area contributed by atoms with Crippen LogP contribution in [0.2, 0.25) is 0 Å². The number of aliphatic hydroxyl groups excluding tert-OH is 1. The molecule has 0 saturated carbocycles. The molecule has 0 aromatic heterocycles. The number of methoxy groups -OCH3 is 1. The molecule has 0 aliphatic carbocycles. The first-order valence-electron chi connectivity index (χ1n) is 6.18. The summed E-state index contributed by atoms with van der Waals surface area (Å²) in [5, 5.41) is 13.0. The highest BCUT2D eigenvalue weighted by Crippen LogP contribution is 2.06. The number of thioether (sulfide) groups is 1. The van der Waals surface area contributed by atoms with Gasteiger partial charge in [0.15, 0.2) is 0 Å². The molecular formula is C12H28N2O2S. The maximum absolute atomic E-state index is 9.84. The quantitative estimate of drug-likeness (QED) is 0.537. The largest absolute Gasteiger partial charge is 0.390 e. The van der Waals surface area contributed by atoms with Gasteiger partial charge in [-0.15, -0.1) is 0 Å². The lowest BCUT2D eigenvalue weighted by Gasteiger charge is -2.27. The van der Waals surface area contributed by atoms with Crippen molar-refractivity contribution in [3.8, 4) is 0 Å². The summed E-state index contributed by atoms with van der Waals surface area (Å²) in [5.74, 6) is 1.17. The first kappa shape index (κ1) is 17.2. The van der Waals surface area contributed by atoms with Gasteiger partial charge in [-0.3, -0.25) is 0 Å². The van der Waals surface area contributed by atoms with E-state index >= 15 is 0 Å². The Hall–Kier alpha value is 0.190. The fraction of sp³-hybridized carbons (Fsp3) is 1.00. The van der Waals surface area contributed by atoms with E-state index in [1.807, 2.05) is 11.8 Å². The fourth-order valence-corrected chi connectivity index (χ4v) is 2.11. The van der Waals surface area contributed by atoms with Gasteiger partial charge in [0.2, 0.25) is 0 Å². The molecule has 0 saturated heterocycles. The molecule has 0 amide bonds. The predicted molar refractivity (Wildman–Crippen MR) is 75.8 cm³/mol. The Morgan fingerprint density at radius 1 is 1.47 bits per heavy atom. The first-order valence-corrected chi connectivity index (χ1v) is 7.58. The SMILES string of the molecule is COCCNCC(O)CN(C)C(C)CCSC. The maximum atomic E-state index is 9.84. The molecule has 0 heterocycles. The number of rotatable bonds is 11. The second-order valence-corrected chi connectivity index (χ2v) is 5.41. The second kappa shape index (κ2) is 11.3. The van der Waals surface area contributed by atoms with E-state index < -0.39 is 0 Å². The van der Waals surface area contributed by atoms with Crippen LogP contribution < -0.4 is 5.32 Å². The van der Waals surface area contributed by atoms with Gasteiger partial charge in [0.05, 0.1) is 12.7 Å². The monoisotopic (exact) mass is 264 g/mol. The highest BCUT2D eigenvalue weighted by atomic mass is 32.2. The lowest BCUT2D eigenvalue weighted by Crippen LogP contribution is -2.41. The van der Waals surface area contributed by atoms with Crippen LogP contribution in [0.1, 0.15) is 13.3 Å². The van der Waals surface area contributed by atoms with Crippen LogP contribution in [0.4, 0.5) is 0 Å². The topological polar surface area (TPSA) is 44.7 Å². The summed E-state index contributed by atoms with van der Waals surface area (Å²) < 4.78 is 4.93. The van der Waals surface area contributed by atoms with Crippen LogP contribution in [0, 0.1) is 0 Å². The van der Waals surface area contributed by atoms with Crippen LogP contribution >= 0.6 is 11.8 Å². The minimum Gasteiger partial charge on any atom is -0.390 e. The number of hydrogen-bond acceptors (Lipinski definition) is 5. The third-order valence-electron chi connectivity index (χ3n) is 2.85. The number of likely N-dealkylation sites (N-methyl/N-ethyl adjacent to an activating group) is 1. The van der Waals surface area contributed by atoms with Crippen molar-refractivity contribution in [2.24, 2.45) is 0 Å². The summed E-state index contributed by atoms with van der Waals surface area (Å²) in [6.07, 6.45) is 2.98. The Labute approximate surface area is 110 Å². The molecule has 104 valence electrons. The van der Waals surface area contributed by atoms with Gasteiger partial charge in [0.1, 0.15) is 0 Å². The van der Waals surface area contributed by atoms with Crippen molar-refractivity contribution >= 4 is 11.8 Å². The van der Waals surface area contributed by atoms with Gasteiger partial charge >= 0.3 is 0 Å². The van der Waals surface area contributed by atoms with Crippen molar-refractivity contribution in [3.05, 3.63) is 0 Å². The highest BCUT2D eigenvalue weighted by Gasteiger charge is 2.13. The normalized spacial score (nSPS) is 15.2. The summed E-state index contributed by atoms with van der Waals surface area (Å²) in [4.78, 5) is 2.22. The van der Waals surface area contributed by atoms with E-state index in [2.05, 4.69) is 30.4 Å². The highest BCUT2D eigenvalue weighted by molar-refractivity contribution is 7.98. The molecule has 17 heavy (non-hydrogen) atoms. The molecule has 0 bridgehead atoms. The Morgan fingerprint density at radius 2 is 2.18 bits per heavy atom. The fourth-order valence-electron chi connectivity index (χ4n) is 1.53. The van der Waals surface area contributed by atoms with Crippen LogP contribution in [0.15, 0.2) is 0 Å². The molecule has 2 atom stereocenters. The van der Waals surface area contributed by atoms with E-state index in [1.54, 1.807) is 7.11 Å². The van der Waals surface area contributed by atoms with Crippen LogP contribution in [-0.2, 0) is 4.74 Å². The molecule has 2 N–H and O–H groups in total. The lowest BCUT2D eigenvalue weighted by molar-refractivity contribution is 0.103. The van der Waals surface area contributed by atoms with Gasteiger partial charge in [-0.1, -0.05) is 0 Å². The molecule has 0 rings (SSSR count). The standard InChI is InChI=1S/C12H28N2O2S/c1-11(5-8-17-4)14(2)10-12(15)9-13-6-7-16-3/h11-13,15H,5-10H2,1-4H3. The van der Waals surface area contributed by atoms with Crippen LogP contribution in [0.25, 0.3) is 0 Å². The summed E-state index contributed by atoms with van der Waals surface area (Å²) in [6.45, 7) is 5.03. The van der Waals surface area contributed by atoms with Gasteiger partial charge in [0, 0.05) is 32.8 Å². The zero-order valence-corrected chi connectivity index (χ0v) is 12.4. The van der Waals surface area contributed by atoms with Crippen LogP contribution in [0.3, 0.4) is 0 Å². The van der Waals surface area contributed by atoms with E-state index in [-0.39, 0.29) is 6.10 Å². The van der Waals surface area contributed by atoms with Gasteiger partial charge < -0.3 is 20.1 Å². The molecule has 0 spiro atoms. The molecule has 0 aliphatic heterocycles. The Bertz CT molecular complexity index is 173. The number of aliphatic hydroxyl groups is 1. The third-order valence-corrected chi connectivity index (χ3v) is 3.50. The molecule has 0 aromatic carbocycles. The second-order valence-electron chi connectivity index (χ2n) is 4.42. The molecule has 0 radical (unpaired) electrons. The predicted octanol–water partition coefficient (Wildman–Crippen LogP) is 0.657. The van der Waals surface area contributed by atoms with Crippen molar-refractivity contribution < 1.29 is 9.84 Å². The number of ether oxygens (including phenoxy) is 1. The molecular weight excluding hydrogens is 236 g/mol. The molecule has 5 heteroatoms. The third kappa shape index (κ3) is 9.85. The zero-order valence-electron chi connectivity index (χ0n) is 11.6. The Morgan fingerprint density at radius 3 is 2.76 bits per heavy atom.